The third kappa shape index (κ3) is 3.61. The van der Waals surface area contributed by atoms with E-state index in [2.05, 4.69) is 35.9 Å². The number of aromatic nitrogens is 1. The number of rotatable bonds is 3. The minimum atomic E-state index is 0.132. The molecule has 1 aromatic heterocycles. The molecule has 1 saturated heterocycles. The van der Waals surface area contributed by atoms with Crippen molar-refractivity contribution in [1.29, 1.82) is 0 Å². The number of thiazole rings is 1. The molecule has 0 spiro atoms. The number of benzene rings is 1. The average molecular weight is 401 g/mol. The number of carbonyl (C=O) groups is 1. The molecule has 0 bridgehead atoms. The summed E-state index contributed by atoms with van der Waals surface area (Å²) in [5, 5.41) is 0.953. The molecule has 1 aromatic carbocycles. The Morgan fingerprint density at radius 1 is 1.11 bits per heavy atom. The van der Waals surface area contributed by atoms with Gasteiger partial charge in [0.2, 0.25) is 0 Å². The molecule has 3 heterocycles. The molecule has 6 nitrogen and oxygen atoms in total. The number of aryl methyl sites for hydroxylation is 2. The van der Waals surface area contributed by atoms with E-state index in [-0.39, 0.29) is 5.91 Å². The Balaban J connectivity index is 1.52. The molecule has 1 fully saturated rings. The van der Waals surface area contributed by atoms with Gasteiger partial charge in [0.25, 0.3) is 5.91 Å². The van der Waals surface area contributed by atoms with Gasteiger partial charge in [0.1, 0.15) is 10.6 Å². The van der Waals surface area contributed by atoms with Gasteiger partial charge in [0.15, 0.2) is 5.13 Å². The van der Waals surface area contributed by atoms with Gasteiger partial charge in [-0.3, -0.25) is 4.79 Å². The quantitative estimate of drug-likeness (QED) is 0.793. The highest BCUT2D eigenvalue weighted by molar-refractivity contribution is 7.17. The molecule has 0 N–H and O–H groups in total. The predicted molar refractivity (Wildman–Crippen MR) is 113 cm³/mol. The second-order valence-corrected chi connectivity index (χ2v) is 8.75. The molecular weight excluding hydrogens is 372 g/mol. The first-order valence-electron chi connectivity index (χ1n) is 9.83. The predicted octanol–water partition coefficient (Wildman–Crippen LogP) is 2.72. The molecule has 28 heavy (non-hydrogen) atoms. The van der Waals surface area contributed by atoms with Crippen molar-refractivity contribution in [1.82, 2.24) is 14.8 Å². The summed E-state index contributed by atoms with van der Waals surface area (Å²) < 4.78 is 5.46. The lowest BCUT2D eigenvalue weighted by Gasteiger charge is -2.32. The molecule has 4 rings (SSSR count). The first-order chi connectivity index (χ1) is 13.5. The minimum Gasteiger partial charge on any atom is -0.496 e. The van der Waals surface area contributed by atoms with Gasteiger partial charge in [-0.2, -0.15) is 0 Å². The standard InChI is InChI=1S/C21H28N4O2S/c1-14-11-17-13-25(6-5-16(17)12-18(14)27-4)21-22-15(2)19(28-21)20(26)24-9-7-23(3)8-10-24/h11-12H,5-10,13H2,1-4H3. The fraction of sp³-hybridized carbons (Fsp3) is 0.524. The maximum Gasteiger partial charge on any atom is 0.266 e. The van der Waals surface area contributed by atoms with E-state index in [9.17, 15) is 4.79 Å². The smallest absolute Gasteiger partial charge is 0.266 e. The molecule has 150 valence electrons. The Morgan fingerprint density at radius 2 is 1.86 bits per heavy atom. The van der Waals surface area contributed by atoms with Gasteiger partial charge in [0.05, 0.1) is 12.8 Å². The van der Waals surface area contributed by atoms with Crippen LogP contribution in [0.3, 0.4) is 0 Å². The van der Waals surface area contributed by atoms with Crippen molar-refractivity contribution in [3.05, 3.63) is 39.4 Å². The lowest BCUT2D eigenvalue weighted by atomic mass is 9.97. The summed E-state index contributed by atoms with van der Waals surface area (Å²) in [5.41, 5.74) is 4.68. The summed E-state index contributed by atoms with van der Waals surface area (Å²) in [7, 11) is 3.82. The zero-order valence-electron chi connectivity index (χ0n) is 17.1. The number of likely N-dealkylation sites (N-methyl/N-ethyl adjacent to an activating group) is 1. The van der Waals surface area contributed by atoms with Crippen LogP contribution in [0.25, 0.3) is 0 Å². The van der Waals surface area contributed by atoms with Gasteiger partial charge >= 0.3 is 0 Å². The number of hydrogen-bond acceptors (Lipinski definition) is 6. The number of amides is 1. The largest absolute Gasteiger partial charge is 0.496 e. The maximum absolute atomic E-state index is 13.0. The fourth-order valence-corrected chi connectivity index (χ4v) is 5.02. The Morgan fingerprint density at radius 3 is 2.57 bits per heavy atom. The van der Waals surface area contributed by atoms with Crippen LogP contribution in [0.1, 0.15) is 32.1 Å². The van der Waals surface area contributed by atoms with Gasteiger partial charge in [-0.05, 0) is 50.1 Å². The Bertz CT molecular complexity index is 887. The number of hydrogen-bond donors (Lipinski definition) is 0. The first-order valence-corrected chi connectivity index (χ1v) is 10.6. The molecule has 0 saturated carbocycles. The zero-order valence-corrected chi connectivity index (χ0v) is 17.9. The van der Waals surface area contributed by atoms with E-state index in [1.54, 1.807) is 18.4 Å². The Hall–Kier alpha value is -2.12. The summed E-state index contributed by atoms with van der Waals surface area (Å²) in [6.07, 6.45) is 0.965. The van der Waals surface area contributed by atoms with Crippen molar-refractivity contribution < 1.29 is 9.53 Å². The van der Waals surface area contributed by atoms with Crippen molar-refractivity contribution in [2.75, 3.05) is 51.8 Å². The molecule has 0 radical (unpaired) electrons. The van der Waals surface area contributed by atoms with E-state index in [4.69, 9.17) is 9.72 Å². The van der Waals surface area contributed by atoms with Gasteiger partial charge < -0.3 is 19.4 Å². The number of fused-ring (bicyclic) bond motifs is 1. The van der Waals surface area contributed by atoms with Crippen LogP contribution in [0.2, 0.25) is 0 Å². The summed E-state index contributed by atoms with van der Waals surface area (Å²) >= 11 is 1.54. The lowest BCUT2D eigenvalue weighted by Crippen LogP contribution is -2.47. The molecule has 0 atom stereocenters. The van der Waals surface area contributed by atoms with Crippen LogP contribution in [-0.4, -0.2) is 67.6 Å². The maximum atomic E-state index is 13.0. The van der Waals surface area contributed by atoms with Gasteiger partial charge in [-0.1, -0.05) is 17.4 Å². The van der Waals surface area contributed by atoms with E-state index in [1.165, 1.54) is 11.1 Å². The van der Waals surface area contributed by atoms with Crippen LogP contribution in [0, 0.1) is 13.8 Å². The van der Waals surface area contributed by atoms with E-state index in [0.29, 0.717) is 0 Å². The molecule has 2 aliphatic heterocycles. The molecule has 0 unspecified atom stereocenters. The van der Waals surface area contributed by atoms with Crippen molar-refractivity contribution in [3.8, 4) is 5.75 Å². The van der Waals surface area contributed by atoms with Crippen LogP contribution in [-0.2, 0) is 13.0 Å². The number of ether oxygens (including phenoxy) is 1. The van der Waals surface area contributed by atoms with Crippen LogP contribution in [0.5, 0.6) is 5.75 Å². The number of nitrogens with zero attached hydrogens (tertiary/aromatic N) is 4. The highest BCUT2D eigenvalue weighted by atomic mass is 32.1. The van der Waals surface area contributed by atoms with E-state index in [1.807, 2.05) is 11.8 Å². The van der Waals surface area contributed by atoms with Crippen molar-refractivity contribution >= 4 is 22.4 Å². The normalized spacial score (nSPS) is 17.6. The Kier molecular flexibility index (Phi) is 5.29. The summed E-state index contributed by atoms with van der Waals surface area (Å²) in [4.78, 5) is 25.0. The first kappa shape index (κ1) is 19.2. The number of anilines is 1. The molecule has 7 heteroatoms. The second-order valence-electron chi connectivity index (χ2n) is 7.77. The van der Waals surface area contributed by atoms with Crippen LogP contribution in [0.15, 0.2) is 12.1 Å². The van der Waals surface area contributed by atoms with E-state index < -0.39 is 0 Å². The van der Waals surface area contributed by atoms with E-state index >= 15 is 0 Å². The second kappa shape index (κ2) is 7.72. The Labute approximate surface area is 170 Å². The summed E-state index contributed by atoms with van der Waals surface area (Å²) in [5.74, 6) is 1.09. The molecule has 0 aliphatic carbocycles. The minimum absolute atomic E-state index is 0.132. The van der Waals surface area contributed by atoms with Crippen molar-refractivity contribution in [2.45, 2.75) is 26.8 Å². The van der Waals surface area contributed by atoms with Crippen LogP contribution >= 0.6 is 11.3 Å². The topological polar surface area (TPSA) is 48.9 Å². The highest BCUT2D eigenvalue weighted by Crippen LogP contribution is 2.33. The average Bonchev–Trinajstić information content (AvgIpc) is 3.08. The van der Waals surface area contributed by atoms with Crippen molar-refractivity contribution in [2.24, 2.45) is 0 Å². The third-order valence-electron chi connectivity index (χ3n) is 5.77. The third-order valence-corrected chi connectivity index (χ3v) is 6.98. The van der Waals surface area contributed by atoms with Crippen molar-refractivity contribution in [3.63, 3.8) is 0 Å². The lowest BCUT2D eigenvalue weighted by molar-refractivity contribution is 0.0668. The fourth-order valence-electron chi connectivity index (χ4n) is 3.96. The SMILES string of the molecule is COc1cc2c(cc1C)CN(c1nc(C)c(C(=O)N3CCN(C)CC3)s1)CC2. The number of carbonyl (C=O) groups excluding carboxylic acids is 1. The van der Waals surface area contributed by atoms with Gasteiger partial charge in [-0.15, -0.1) is 0 Å². The van der Waals surface area contributed by atoms with Gasteiger partial charge in [0, 0.05) is 39.3 Å². The zero-order chi connectivity index (χ0) is 19.8. The summed E-state index contributed by atoms with van der Waals surface area (Å²) in [6, 6.07) is 4.38. The molecule has 1 amide bonds. The molecular formula is C21H28N4O2S. The van der Waals surface area contributed by atoms with Crippen LogP contribution < -0.4 is 9.64 Å². The highest BCUT2D eigenvalue weighted by Gasteiger charge is 2.27. The van der Waals surface area contributed by atoms with Gasteiger partial charge in [-0.25, -0.2) is 4.98 Å². The number of piperazine rings is 1. The monoisotopic (exact) mass is 400 g/mol. The summed E-state index contributed by atoms with van der Waals surface area (Å²) in [6.45, 7) is 9.23. The molecule has 2 aromatic rings. The van der Waals surface area contributed by atoms with Crippen LogP contribution in [0.4, 0.5) is 5.13 Å². The van der Waals surface area contributed by atoms with E-state index in [0.717, 1.165) is 72.7 Å². The molecule has 2 aliphatic rings. The number of methoxy groups -OCH3 is 1.